The van der Waals surface area contributed by atoms with Crippen LogP contribution in [0.15, 0.2) is 54.7 Å². The number of rotatable bonds is 11. The van der Waals surface area contributed by atoms with Gasteiger partial charge in [0.2, 0.25) is 0 Å². The largest absolute Gasteiger partial charge is 0.493 e. The fraction of sp³-hybridized carbons (Fsp3) is 0.464. The van der Waals surface area contributed by atoms with E-state index in [0.29, 0.717) is 12.1 Å². The fourth-order valence-corrected chi connectivity index (χ4v) is 4.92. The molecule has 2 aromatic carbocycles. The molecule has 34 heavy (non-hydrogen) atoms. The van der Waals surface area contributed by atoms with E-state index in [9.17, 15) is 0 Å². The molecule has 6 nitrogen and oxygen atoms in total. The molecule has 0 bridgehead atoms. The lowest BCUT2D eigenvalue weighted by molar-refractivity contribution is -0.698. The van der Waals surface area contributed by atoms with Gasteiger partial charge in [0.1, 0.15) is 5.75 Å². The summed E-state index contributed by atoms with van der Waals surface area (Å²) in [7, 11) is 0. The van der Waals surface area contributed by atoms with Gasteiger partial charge in [0, 0.05) is 25.1 Å². The molecule has 0 fully saturated rings. The zero-order valence-electron chi connectivity index (χ0n) is 21.2. The van der Waals surface area contributed by atoms with Crippen molar-refractivity contribution in [3.8, 4) is 17.0 Å². The van der Waals surface area contributed by atoms with Crippen LogP contribution in [0.3, 0.4) is 0 Å². The summed E-state index contributed by atoms with van der Waals surface area (Å²) in [5.74, 6) is 2.25. The van der Waals surface area contributed by atoms with Gasteiger partial charge in [0.05, 0.1) is 30.6 Å². The Kier molecular flexibility index (Phi) is 7.66. The summed E-state index contributed by atoms with van der Waals surface area (Å²) in [6.45, 7) is 12.8. The van der Waals surface area contributed by atoms with Gasteiger partial charge in [-0.2, -0.15) is 0 Å². The molecule has 0 saturated heterocycles. The van der Waals surface area contributed by atoms with Crippen LogP contribution in [0.25, 0.3) is 22.3 Å². The third-order valence-corrected chi connectivity index (χ3v) is 6.42. The summed E-state index contributed by atoms with van der Waals surface area (Å²) < 4.78 is 13.0. The Morgan fingerprint density at radius 1 is 0.941 bits per heavy atom. The van der Waals surface area contributed by atoms with Crippen LogP contribution < -0.4 is 9.30 Å². The van der Waals surface area contributed by atoms with Gasteiger partial charge in [-0.05, 0) is 59.1 Å². The van der Waals surface area contributed by atoms with E-state index < -0.39 is 0 Å². The highest BCUT2D eigenvalue weighted by Crippen LogP contribution is 2.25. The van der Waals surface area contributed by atoms with Crippen molar-refractivity contribution >= 4 is 11.0 Å². The standard InChI is InChI=1S/C28H38N5O/c1-21(2)32-23(5)33(22(3)4)27-19-25(15-16-26(27)32)34-18-12-7-6-11-17-31-28(20-29-30-31)24-13-9-8-10-14-24/h8-10,13-16,19-22H,6-7,11-12,17-18H2,1-5H3/q+1. The molecule has 0 aliphatic heterocycles. The molecule has 0 aliphatic carbocycles. The summed E-state index contributed by atoms with van der Waals surface area (Å²) >= 11 is 0. The molecular formula is C28H38N5O+. The molecule has 2 heterocycles. The van der Waals surface area contributed by atoms with Crippen LogP contribution in [0.5, 0.6) is 5.75 Å². The average molecular weight is 461 g/mol. The number of benzene rings is 2. The zero-order valence-corrected chi connectivity index (χ0v) is 21.2. The second-order valence-electron chi connectivity index (χ2n) is 9.60. The number of hydrogen-bond acceptors (Lipinski definition) is 3. The number of aromatic nitrogens is 5. The Balaban J connectivity index is 1.27. The lowest BCUT2D eigenvalue weighted by atomic mass is 10.1. The smallest absolute Gasteiger partial charge is 0.254 e. The number of nitrogens with zero attached hydrogens (tertiary/aromatic N) is 5. The van der Waals surface area contributed by atoms with Gasteiger partial charge in [0.25, 0.3) is 5.82 Å². The van der Waals surface area contributed by atoms with Gasteiger partial charge < -0.3 is 4.74 Å². The normalized spacial score (nSPS) is 11.7. The predicted molar refractivity (Wildman–Crippen MR) is 137 cm³/mol. The number of imidazole rings is 1. The first-order chi connectivity index (χ1) is 16.5. The highest BCUT2D eigenvalue weighted by Gasteiger charge is 2.25. The average Bonchev–Trinajstić information content (AvgIpc) is 3.40. The number of aryl methyl sites for hydroxylation is 1. The van der Waals surface area contributed by atoms with Crippen LogP contribution in [-0.4, -0.2) is 26.2 Å². The van der Waals surface area contributed by atoms with Crippen molar-refractivity contribution in [2.75, 3.05) is 6.61 Å². The monoisotopic (exact) mass is 460 g/mol. The summed E-state index contributed by atoms with van der Waals surface area (Å²) in [6.07, 6.45) is 6.29. The molecule has 0 atom stereocenters. The Labute approximate surface area is 203 Å². The van der Waals surface area contributed by atoms with Crippen LogP contribution in [0.2, 0.25) is 0 Å². The molecule has 0 saturated carbocycles. The van der Waals surface area contributed by atoms with Gasteiger partial charge >= 0.3 is 0 Å². The van der Waals surface area contributed by atoms with Gasteiger partial charge in [-0.3, -0.25) is 0 Å². The van der Waals surface area contributed by atoms with Crippen LogP contribution >= 0.6 is 0 Å². The lowest BCUT2D eigenvalue weighted by Gasteiger charge is -2.08. The molecule has 0 radical (unpaired) electrons. The molecule has 4 rings (SSSR count). The number of ether oxygens (including phenoxy) is 1. The van der Waals surface area contributed by atoms with Crippen molar-refractivity contribution in [1.29, 1.82) is 0 Å². The van der Waals surface area contributed by atoms with Crippen molar-refractivity contribution < 1.29 is 9.30 Å². The lowest BCUT2D eigenvalue weighted by Crippen LogP contribution is -2.38. The minimum absolute atomic E-state index is 0.408. The Bertz CT molecular complexity index is 1210. The summed E-state index contributed by atoms with van der Waals surface area (Å²) in [5, 5.41) is 8.37. The van der Waals surface area contributed by atoms with E-state index in [1.807, 2.05) is 29.1 Å². The van der Waals surface area contributed by atoms with Gasteiger partial charge in [-0.1, -0.05) is 42.0 Å². The highest BCUT2D eigenvalue weighted by atomic mass is 16.5. The van der Waals surface area contributed by atoms with Crippen LogP contribution in [0, 0.1) is 6.92 Å². The third-order valence-electron chi connectivity index (χ3n) is 6.42. The second kappa shape index (κ2) is 10.9. The van der Waals surface area contributed by atoms with Gasteiger partial charge in [-0.15, -0.1) is 5.10 Å². The Morgan fingerprint density at radius 3 is 2.44 bits per heavy atom. The van der Waals surface area contributed by atoms with Crippen LogP contribution in [-0.2, 0) is 6.54 Å². The van der Waals surface area contributed by atoms with E-state index in [2.05, 4.69) is 84.4 Å². The summed E-state index contributed by atoms with van der Waals surface area (Å²) in [4.78, 5) is 0. The van der Waals surface area contributed by atoms with Crippen molar-refractivity contribution in [1.82, 2.24) is 19.6 Å². The van der Waals surface area contributed by atoms with Crippen molar-refractivity contribution in [2.45, 2.75) is 78.9 Å². The minimum Gasteiger partial charge on any atom is -0.493 e. The zero-order chi connectivity index (χ0) is 24.1. The van der Waals surface area contributed by atoms with E-state index >= 15 is 0 Å². The molecule has 2 aromatic heterocycles. The topological polar surface area (TPSA) is 48.8 Å². The molecule has 0 spiro atoms. The molecule has 0 aliphatic rings. The predicted octanol–water partition coefficient (Wildman–Crippen LogP) is 6.30. The van der Waals surface area contributed by atoms with E-state index in [1.165, 1.54) is 16.9 Å². The highest BCUT2D eigenvalue weighted by molar-refractivity contribution is 5.74. The minimum atomic E-state index is 0.408. The Morgan fingerprint density at radius 2 is 1.71 bits per heavy atom. The first kappa shape index (κ1) is 24.0. The summed E-state index contributed by atoms with van der Waals surface area (Å²) in [6, 6.07) is 17.7. The van der Waals surface area contributed by atoms with Crippen LogP contribution in [0.4, 0.5) is 0 Å². The van der Waals surface area contributed by atoms with E-state index in [0.717, 1.165) is 55.8 Å². The SMILES string of the molecule is Cc1n(C(C)C)c2cc(OCCCCCCn3nncc3-c3ccccc3)ccc2[n+]1C(C)C. The van der Waals surface area contributed by atoms with Gasteiger partial charge in [-0.25, -0.2) is 13.8 Å². The van der Waals surface area contributed by atoms with Crippen molar-refractivity contribution in [3.05, 3.63) is 60.6 Å². The molecule has 180 valence electrons. The maximum Gasteiger partial charge on any atom is 0.254 e. The van der Waals surface area contributed by atoms with Crippen LogP contribution in [0.1, 0.15) is 71.3 Å². The molecule has 0 unspecified atom stereocenters. The first-order valence-electron chi connectivity index (χ1n) is 12.6. The fourth-order valence-electron chi connectivity index (χ4n) is 4.92. The molecule has 0 N–H and O–H groups in total. The summed E-state index contributed by atoms with van der Waals surface area (Å²) in [5.41, 5.74) is 4.77. The third kappa shape index (κ3) is 5.16. The molecular weight excluding hydrogens is 422 g/mol. The molecule has 0 amide bonds. The van der Waals surface area contributed by atoms with E-state index in [4.69, 9.17) is 4.74 Å². The number of unbranched alkanes of at least 4 members (excludes halogenated alkanes) is 3. The van der Waals surface area contributed by atoms with E-state index in [1.54, 1.807) is 0 Å². The molecule has 6 heteroatoms. The quantitative estimate of drug-likeness (QED) is 0.195. The maximum absolute atomic E-state index is 6.14. The van der Waals surface area contributed by atoms with Crippen molar-refractivity contribution in [2.24, 2.45) is 0 Å². The number of fused-ring (bicyclic) bond motifs is 1. The van der Waals surface area contributed by atoms with Gasteiger partial charge in [0.15, 0.2) is 11.0 Å². The Hall–Kier alpha value is -3.15. The van der Waals surface area contributed by atoms with Crippen molar-refractivity contribution in [3.63, 3.8) is 0 Å². The van der Waals surface area contributed by atoms with E-state index in [-0.39, 0.29) is 0 Å². The maximum atomic E-state index is 6.14. The molecule has 4 aromatic rings. The first-order valence-corrected chi connectivity index (χ1v) is 12.6. The second-order valence-corrected chi connectivity index (χ2v) is 9.60. The number of hydrogen-bond donors (Lipinski definition) is 0.